The second kappa shape index (κ2) is 19.2. The minimum atomic E-state index is -3.90. The lowest BCUT2D eigenvalue weighted by molar-refractivity contribution is -0.124. The number of nitrogens with one attached hydrogen (secondary N) is 2. The van der Waals surface area contributed by atoms with Crippen molar-refractivity contribution in [2.24, 2.45) is 5.92 Å². The zero-order chi connectivity index (χ0) is 35.1. The molecule has 0 heterocycles. The number of alkyl carbamates (subject to hydrolysis) is 1. The van der Waals surface area contributed by atoms with Crippen LogP contribution in [0.5, 0.6) is 0 Å². The quantitative estimate of drug-likeness (QED) is 0.119. The van der Waals surface area contributed by atoms with E-state index < -0.39 is 34.1 Å². The summed E-state index contributed by atoms with van der Waals surface area (Å²) in [6.07, 6.45) is 2.92. The molecule has 3 rings (SSSR count). The summed E-state index contributed by atoms with van der Waals surface area (Å²) in [4.78, 5) is 26.8. The Bertz CT molecular complexity index is 1460. The van der Waals surface area contributed by atoms with Crippen molar-refractivity contribution in [1.29, 1.82) is 0 Å². The lowest BCUT2D eigenvalue weighted by Gasteiger charge is -2.31. The first kappa shape index (κ1) is 38.5. The van der Waals surface area contributed by atoms with E-state index in [1.807, 2.05) is 81.4 Å². The van der Waals surface area contributed by atoms with E-state index in [1.165, 1.54) is 23.5 Å². The van der Waals surface area contributed by atoms with Crippen molar-refractivity contribution in [3.8, 4) is 0 Å². The Morgan fingerprint density at radius 2 is 1.44 bits per heavy atom. The Morgan fingerprint density at radius 3 is 1.94 bits per heavy atom. The normalized spacial score (nSPS) is 13.7. The number of rotatable bonds is 19. The van der Waals surface area contributed by atoms with Gasteiger partial charge in [-0.2, -0.15) is 4.31 Å². The fourth-order valence-corrected chi connectivity index (χ4v) is 7.56. The Hall–Kier alpha value is -3.93. The van der Waals surface area contributed by atoms with E-state index in [9.17, 15) is 23.1 Å². The first-order valence-electron chi connectivity index (χ1n) is 16.7. The minimum Gasteiger partial charge on any atom is -0.453 e. The van der Waals surface area contributed by atoms with E-state index in [1.54, 1.807) is 12.1 Å². The molecule has 3 atom stereocenters. The van der Waals surface area contributed by atoms with Gasteiger partial charge in [-0.25, -0.2) is 13.2 Å². The fraction of sp³-hybridized carbons (Fsp3) is 0.459. The summed E-state index contributed by atoms with van der Waals surface area (Å²) in [5.41, 5.74) is 7.99. The van der Waals surface area contributed by atoms with Gasteiger partial charge in [-0.05, 0) is 73.4 Å². The molecule has 0 radical (unpaired) electrons. The zero-order valence-electron chi connectivity index (χ0n) is 28.5. The van der Waals surface area contributed by atoms with E-state index in [2.05, 4.69) is 10.6 Å². The lowest BCUT2D eigenvalue weighted by atomic mass is 9.84. The molecule has 0 saturated carbocycles. The number of carbonyl (C=O) groups excluding carboxylic acids is 2. The monoisotopic (exact) mass is 680 g/mol. The summed E-state index contributed by atoms with van der Waals surface area (Å²) in [7, 11) is -2.63. The van der Waals surface area contributed by atoms with Crippen LogP contribution in [0.2, 0.25) is 0 Å². The molecule has 0 aromatic heterocycles. The third-order valence-electron chi connectivity index (χ3n) is 8.50. The Kier molecular flexibility index (Phi) is 15.4. The highest BCUT2D eigenvalue weighted by molar-refractivity contribution is 7.89. The molecule has 0 bridgehead atoms. The number of methoxy groups -OCH3 is 1. The molecule has 0 aliphatic rings. The number of ether oxygens (including phenoxy) is 1. The van der Waals surface area contributed by atoms with E-state index >= 15 is 0 Å². The molecule has 3 unspecified atom stereocenters. The summed E-state index contributed by atoms with van der Waals surface area (Å²) < 4.78 is 33.8. The van der Waals surface area contributed by atoms with Crippen LogP contribution in [0.4, 0.5) is 10.5 Å². The third kappa shape index (κ3) is 11.1. The number of hydrogen-bond donors (Lipinski definition) is 4. The van der Waals surface area contributed by atoms with Crippen LogP contribution in [0, 0.1) is 5.92 Å². The zero-order valence-corrected chi connectivity index (χ0v) is 29.4. The highest BCUT2D eigenvalue weighted by Crippen LogP contribution is 2.29. The molecule has 11 heteroatoms. The van der Waals surface area contributed by atoms with Crippen LogP contribution in [0.15, 0.2) is 89.8 Å². The fourth-order valence-electron chi connectivity index (χ4n) is 5.90. The number of hydrogen-bond acceptors (Lipinski definition) is 7. The van der Waals surface area contributed by atoms with Crippen LogP contribution >= 0.6 is 0 Å². The molecular weight excluding hydrogens is 628 g/mol. The number of benzene rings is 3. The number of nitrogens with two attached hydrogens (primary N) is 1. The maximum absolute atomic E-state index is 14.1. The van der Waals surface area contributed by atoms with E-state index in [-0.39, 0.29) is 35.9 Å². The van der Waals surface area contributed by atoms with Crippen molar-refractivity contribution in [2.75, 3.05) is 26.0 Å². The largest absolute Gasteiger partial charge is 0.453 e. The third-order valence-corrected chi connectivity index (χ3v) is 10.5. The van der Waals surface area contributed by atoms with E-state index in [0.717, 1.165) is 17.5 Å². The smallest absolute Gasteiger partial charge is 0.407 e. The topological polar surface area (TPSA) is 151 Å². The van der Waals surface area contributed by atoms with Gasteiger partial charge in [-0.3, -0.25) is 4.79 Å². The van der Waals surface area contributed by atoms with Crippen molar-refractivity contribution in [3.05, 3.63) is 96.1 Å². The van der Waals surface area contributed by atoms with Crippen LogP contribution in [0.3, 0.4) is 0 Å². The number of nitrogens with zero attached hydrogens (tertiary/aromatic N) is 1. The number of carbonyl (C=O) groups is 2. The predicted octanol–water partition coefficient (Wildman–Crippen LogP) is 5.68. The Balaban J connectivity index is 1.82. The molecule has 0 saturated heterocycles. The maximum Gasteiger partial charge on any atom is 0.407 e. The number of anilines is 1. The SMILES string of the molecule is CCCC(CCCC(CO)N(CCC(C)C)S(=O)(=O)c1ccc(N)cc1)NC(=O)C(NC(=O)OC)C(c1ccccc1)c1ccccc1. The molecule has 3 aromatic rings. The van der Waals surface area contributed by atoms with Crippen molar-refractivity contribution in [2.45, 2.75) is 88.2 Å². The van der Waals surface area contributed by atoms with Crippen LogP contribution < -0.4 is 16.4 Å². The first-order chi connectivity index (χ1) is 23.0. The van der Waals surface area contributed by atoms with Crippen molar-refractivity contribution < 1.29 is 27.9 Å². The van der Waals surface area contributed by atoms with Crippen molar-refractivity contribution in [3.63, 3.8) is 0 Å². The summed E-state index contributed by atoms with van der Waals surface area (Å²) in [6, 6.07) is 23.3. The van der Waals surface area contributed by atoms with Gasteiger partial charge in [-0.15, -0.1) is 0 Å². The van der Waals surface area contributed by atoms with E-state index in [4.69, 9.17) is 10.5 Å². The molecular formula is C37H52N4O6S. The average Bonchev–Trinajstić information content (AvgIpc) is 3.08. The Labute approximate surface area is 286 Å². The highest BCUT2D eigenvalue weighted by Gasteiger charge is 2.34. The van der Waals surface area contributed by atoms with Gasteiger partial charge in [0.05, 0.1) is 18.6 Å². The first-order valence-corrected chi connectivity index (χ1v) is 18.2. The molecule has 5 N–H and O–H groups in total. The number of amides is 2. The molecule has 10 nitrogen and oxygen atoms in total. The van der Waals surface area contributed by atoms with Gasteiger partial charge < -0.3 is 26.2 Å². The maximum atomic E-state index is 14.1. The number of nitrogen functional groups attached to an aromatic ring is 1. The number of aliphatic hydroxyl groups is 1. The molecule has 48 heavy (non-hydrogen) atoms. The number of aliphatic hydroxyl groups excluding tert-OH is 1. The van der Waals surface area contributed by atoms with Crippen LogP contribution in [-0.2, 0) is 19.6 Å². The average molecular weight is 681 g/mol. The summed E-state index contributed by atoms with van der Waals surface area (Å²) in [6.45, 7) is 6.03. The predicted molar refractivity (Wildman–Crippen MR) is 190 cm³/mol. The van der Waals surface area contributed by atoms with Crippen LogP contribution in [0.25, 0.3) is 0 Å². The van der Waals surface area contributed by atoms with Crippen molar-refractivity contribution in [1.82, 2.24) is 14.9 Å². The highest BCUT2D eigenvalue weighted by atomic mass is 32.2. The molecule has 0 aliphatic heterocycles. The van der Waals surface area contributed by atoms with Gasteiger partial charge in [0.2, 0.25) is 15.9 Å². The molecule has 0 spiro atoms. The lowest BCUT2D eigenvalue weighted by Crippen LogP contribution is -2.52. The second-order valence-electron chi connectivity index (χ2n) is 12.5. The molecule has 0 fully saturated rings. The van der Waals surface area contributed by atoms with Crippen molar-refractivity contribution >= 4 is 27.7 Å². The standard InChI is InChI=1S/C37H52N4O6S/c1-5-13-31(18-12-19-32(26-42)41(25-24-27(2)3)48(45,46)33-22-20-30(38)21-23-33)39-36(43)35(40-37(44)47-4)34(28-14-8-6-9-15-28)29-16-10-7-11-17-29/h6-11,14-17,20-23,27,31-32,34-35,42H,5,12-13,18-19,24-26,38H2,1-4H3,(H,39,43)(H,40,44). The molecule has 0 aliphatic carbocycles. The van der Waals surface area contributed by atoms with Gasteiger partial charge >= 0.3 is 6.09 Å². The summed E-state index contributed by atoms with van der Waals surface area (Å²) >= 11 is 0. The van der Waals surface area contributed by atoms with Gasteiger partial charge in [0.15, 0.2) is 0 Å². The van der Waals surface area contributed by atoms with Crippen LogP contribution in [-0.4, -0.2) is 68.2 Å². The van der Waals surface area contributed by atoms with Crippen LogP contribution in [0.1, 0.15) is 76.3 Å². The summed E-state index contributed by atoms with van der Waals surface area (Å²) in [5.74, 6) is -0.569. The van der Waals surface area contributed by atoms with Gasteiger partial charge in [0.25, 0.3) is 0 Å². The van der Waals surface area contributed by atoms with Gasteiger partial charge in [0, 0.05) is 30.2 Å². The molecule has 3 aromatic carbocycles. The summed E-state index contributed by atoms with van der Waals surface area (Å²) in [5, 5.41) is 16.4. The van der Waals surface area contributed by atoms with Gasteiger partial charge in [-0.1, -0.05) is 87.9 Å². The second-order valence-corrected chi connectivity index (χ2v) is 14.4. The van der Waals surface area contributed by atoms with Gasteiger partial charge in [0.1, 0.15) is 6.04 Å². The minimum absolute atomic E-state index is 0.130. The Morgan fingerprint density at radius 1 is 0.854 bits per heavy atom. The molecule has 2 amide bonds. The van der Waals surface area contributed by atoms with E-state index in [0.29, 0.717) is 37.8 Å². The number of sulfonamides is 1. The molecule has 262 valence electrons.